The monoisotopic (exact) mass is 420 g/mol. The highest BCUT2D eigenvalue weighted by Gasteiger charge is 2.45. The van der Waals surface area contributed by atoms with E-state index in [4.69, 9.17) is 10.5 Å². The molecule has 0 bridgehead atoms. The molecule has 5 atom stereocenters. The predicted octanol–water partition coefficient (Wildman–Crippen LogP) is 2.29. The van der Waals surface area contributed by atoms with Gasteiger partial charge in [0.15, 0.2) is 0 Å². The Kier molecular flexibility index (Phi) is 5.41. The Balaban J connectivity index is 1.13. The molecule has 0 aromatic heterocycles. The summed E-state index contributed by atoms with van der Waals surface area (Å²) < 4.78 is 33.6. The number of nitrogens with two attached hydrogens (primary N) is 1. The zero-order chi connectivity index (χ0) is 20.8. The van der Waals surface area contributed by atoms with Crippen LogP contribution in [0.25, 0.3) is 0 Å². The minimum Gasteiger partial charge on any atom is -0.370 e. The molecule has 8 heteroatoms. The van der Waals surface area contributed by atoms with Crippen LogP contribution in [0.15, 0.2) is 18.2 Å². The molecule has 164 valence electrons. The third kappa shape index (κ3) is 4.18. The number of nitrogens with one attached hydrogen (secondary N) is 2. The molecular formula is C22H30F2N4O2. The van der Waals surface area contributed by atoms with Crippen molar-refractivity contribution >= 4 is 6.03 Å². The number of urea groups is 1. The van der Waals surface area contributed by atoms with Gasteiger partial charge in [0.2, 0.25) is 0 Å². The second kappa shape index (κ2) is 8.05. The molecule has 5 rings (SSSR count). The van der Waals surface area contributed by atoms with Gasteiger partial charge in [0.05, 0.1) is 6.61 Å². The lowest BCUT2D eigenvalue weighted by atomic mass is 9.93. The van der Waals surface area contributed by atoms with Gasteiger partial charge in [-0.05, 0) is 62.1 Å². The number of amides is 2. The quantitative estimate of drug-likeness (QED) is 0.698. The molecular weight excluding hydrogens is 390 g/mol. The molecule has 1 aromatic carbocycles. The molecule has 2 saturated heterocycles. The second-order valence-corrected chi connectivity index (χ2v) is 9.51. The molecule has 2 amide bonds. The summed E-state index contributed by atoms with van der Waals surface area (Å²) in [5.41, 5.74) is 6.54. The normalized spacial score (nSPS) is 36.5. The number of carbonyl (C=O) groups excluding carboxylic acids is 1. The summed E-state index contributed by atoms with van der Waals surface area (Å²) in [6, 6.07) is 3.85. The van der Waals surface area contributed by atoms with Crippen LogP contribution in [0.5, 0.6) is 0 Å². The number of ether oxygens (including phenoxy) is 1. The van der Waals surface area contributed by atoms with Gasteiger partial charge >= 0.3 is 6.03 Å². The van der Waals surface area contributed by atoms with Crippen molar-refractivity contribution in [3.8, 4) is 0 Å². The maximum Gasteiger partial charge on any atom is 0.315 e. The van der Waals surface area contributed by atoms with Crippen LogP contribution in [-0.4, -0.2) is 54.8 Å². The minimum atomic E-state index is -0.613. The average molecular weight is 421 g/mol. The average Bonchev–Trinajstić information content (AvgIpc) is 3.30. The van der Waals surface area contributed by atoms with E-state index in [-0.39, 0.29) is 29.7 Å². The Morgan fingerprint density at radius 3 is 2.43 bits per heavy atom. The van der Waals surface area contributed by atoms with Gasteiger partial charge in [-0.3, -0.25) is 4.90 Å². The fourth-order valence-electron chi connectivity index (χ4n) is 5.54. The number of hydrogen-bond donors (Lipinski definition) is 3. The largest absolute Gasteiger partial charge is 0.370 e. The molecule has 0 spiro atoms. The van der Waals surface area contributed by atoms with E-state index in [0.717, 1.165) is 50.9 Å². The van der Waals surface area contributed by atoms with Crippen LogP contribution in [0, 0.1) is 23.5 Å². The first-order valence-electron chi connectivity index (χ1n) is 11.1. The molecule has 4 N–H and O–H groups in total. The highest BCUT2D eigenvalue weighted by molar-refractivity contribution is 5.74. The van der Waals surface area contributed by atoms with Crippen LogP contribution in [0.4, 0.5) is 13.6 Å². The van der Waals surface area contributed by atoms with E-state index in [1.54, 1.807) is 0 Å². The van der Waals surface area contributed by atoms with Crippen LogP contribution in [0.1, 0.15) is 43.8 Å². The summed E-state index contributed by atoms with van der Waals surface area (Å²) in [5, 5.41) is 6.13. The van der Waals surface area contributed by atoms with E-state index in [0.29, 0.717) is 30.9 Å². The second-order valence-electron chi connectivity index (χ2n) is 9.51. The predicted molar refractivity (Wildman–Crippen MR) is 108 cm³/mol. The smallest absolute Gasteiger partial charge is 0.315 e. The molecule has 6 nitrogen and oxygen atoms in total. The lowest BCUT2D eigenvalue weighted by Gasteiger charge is -2.39. The summed E-state index contributed by atoms with van der Waals surface area (Å²) in [7, 11) is 0. The van der Waals surface area contributed by atoms with Crippen LogP contribution in [0.3, 0.4) is 0 Å². The summed E-state index contributed by atoms with van der Waals surface area (Å²) in [6.45, 7) is 2.43. The zero-order valence-corrected chi connectivity index (χ0v) is 17.0. The SMILES string of the molecule is NC1CC(N2CC3CC(NC(=O)NC4CC4)CC3C2)COC1c1cc(F)ccc1F. The standard InChI is InChI=1S/C22H30F2N4O2/c23-14-1-4-19(24)18(7-14)21-20(25)8-17(11-30-21)28-9-12-5-16(6-13(12)10-28)27-22(29)26-15-2-3-15/h1,4,7,12-13,15-17,20-21H,2-3,5-6,8-11,25H2,(H2,26,27,29). The van der Waals surface area contributed by atoms with Crippen molar-refractivity contribution in [2.75, 3.05) is 19.7 Å². The van der Waals surface area contributed by atoms with Crippen molar-refractivity contribution in [3.63, 3.8) is 0 Å². The number of carbonyl (C=O) groups is 1. The van der Waals surface area contributed by atoms with Crippen molar-refractivity contribution in [1.29, 1.82) is 0 Å². The topological polar surface area (TPSA) is 79.6 Å². The molecule has 4 fully saturated rings. The van der Waals surface area contributed by atoms with Crippen molar-refractivity contribution in [2.24, 2.45) is 17.6 Å². The van der Waals surface area contributed by atoms with Gasteiger partial charge in [-0.2, -0.15) is 0 Å². The Bertz CT molecular complexity index is 791. The maximum absolute atomic E-state index is 14.1. The molecule has 1 aromatic rings. The molecule has 0 radical (unpaired) electrons. The Morgan fingerprint density at radius 1 is 1.07 bits per heavy atom. The first kappa shape index (κ1) is 20.2. The lowest BCUT2D eigenvalue weighted by Crippen LogP contribution is -2.49. The fraction of sp³-hybridized carbons (Fsp3) is 0.682. The van der Waals surface area contributed by atoms with E-state index in [2.05, 4.69) is 15.5 Å². The first-order valence-corrected chi connectivity index (χ1v) is 11.1. The molecule has 2 aliphatic heterocycles. The van der Waals surface area contributed by atoms with Crippen LogP contribution in [-0.2, 0) is 4.74 Å². The van der Waals surface area contributed by atoms with E-state index < -0.39 is 17.7 Å². The van der Waals surface area contributed by atoms with Gasteiger partial charge in [-0.1, -0.05) is 0 Å². The number of hydrogen-bond acceptors (Lipinski definition) is 4. The van der Waals surface area contributed by atoms with Gasteiger partial charge in [0, 0.05) is 42.8 Å². The van der Waals surface area contributed by atoms with Crippen molar-refractivity contribution in [1.82, 2.24) is 15.5 Å². The van der Waals surface area contributed by atoms with E-state index in [1.165, 1.54) is 6.07 Å². The third-order valence-corrected chi connectivity index (χ3v) is 7.21. The van der Waals surface area contributed by atoms with Crippen LogP contribution < -0.4 is 16.4 Å². The molecule has 2 aliphatic carbocycles. The van der Waals surface area contributed by atoms with Gasteiger partial charge in [-0.15, -0.1) is 0 Å². The summed E-state index contributed by atoms with van der Waals surface area (Å²) >= 11 is 0. The number of benzene rings is 1. The number of fused-ring (bicyclic) bond motifs is 1. The molecule has 2 saturated carbocycles. The lowest BCUT2D eigenvalue weighted by molar-refractivity contribution is -0.0485. The van der Waals surface area contributed by atoms with Crippen molar-refractivity contribution < 1.29 is 18.3 Å². The van der Waals surface area contributed by atoms with E-state index in [1.807, 2.05) is 0 Å². The van der Waals surface area contributed by atoms with Gasteiger partial charge in [-0.25, -0.2) is 13.6 Å². The molecule has 30 heavy (non-hydrogen) atoms. The van der Waals surface area contributed by atoms with Gasteiger partial charge in [0.25, 0.3) is 0 Å². The minimum absolute atomic E-state index is 0.0263. The highest BCUT2D eigenvalue weighted by atomic mass is 19.1. The Morgan fingerprint density at radius 2 is 1.77 bits per heavy atom. The van der Waals surface area contributed by atoms with Gasteiger partial charge in [0.1, 0.15) is 17.7 Å². The molecule has 2 heterocycles. The zero-order valence-electron chi connectivity index (χ0n) is 17.0. The fourth-order valence-corrected chi connectivity index (χ4v) is 5.54. The van der Waals surface area contributed by atoms with E-state index >= 15 is 0 Å². The maximum atomic E-state index is 14.1. The summed E-state index contributed by atoms with van der Waals surface area (Å²) in [6.07, 6.45) is 4.29. The molecule has 4 aliphatic rings. The number of nitrogens with zero attached hydrogens (tertiary/aromatic N) is 1. The van der Waals surface area contributed by atoms with Crippen molar-refractivity contribution in [3.05, 3.63) is 35.4 Å². The number of halogens is 2. The first-order chi connectivity index (χ1) is 14.5. The molecule has 5 unspecified atom stereocenters. The Labute approximate surface area is 175 Å². The van der Waals surface area contributed by atoms with Crippen LogP contribution >= 0.6 is 0 Å². The summed E-state index contributed by atoms with van der Waals surface area (Å²) in [4.78, 5) is 14.4. The Hall–Kier alpha value is -1.77. The highest BCUT2D eigenvalue weighted by Crippen LogP contribution is 2.41. The van der Waals surface area contributed by atoms with E-state index in [9.17, 15) is 13.6 Å². The van der Waals surface area contributed by atoms with Crippen LogP contribution in [0.2, 0.25) is 0 Å². The number of likely N-dealkylation sites (tertiary alicyclic amines) is 1. The van der Waals surface area contributed by atoms with Gasteiger partial charge < -0.3 is 21.1 Å². The van der Waals surface area contributed by atoms with Crippen molar-refractivity contribution in [2.45, 2.75) is 62.4 Å². The number of rotatable bonds is 4. The third-order valence-electron chi connectivity index (χ3n) is 7.21. The summed E-state index contributed by atoms with van der Waals surface area (Å²) in [5.74, 6) is 0.192.